The first-order chi connectivity index (χ1) is 30.5. The molecule has 10 rings (SSSR count). The van der Waals surface area contributed by atoms with Gasteiger partial charge in [0.05, 0.1) is 12.2 Å². The van der Waals surface area contributed by atoms with E-state index in [1.807, 2.05) is 30.3 Å². The number of rotatable bonds is 10. The highest BCUT2D eigenvalue weighted by atomic mass is 16.2. The minimum absolute atomic E-state index is 0.0192. The maximum atomic E-state index is 13.5. The highest BCUT2D eigenvalue weighted by Crippen LogP contribution is 2.38. The van der Waals surface area contributed by atoms with Gasteiger partial charge in [-0.25, -0.2) is 14.8 Å². The van der Waals surface area contributed by atoms with Crippen LogP contribution in [0.3, 0.4) is 0 Å². The Morgan fingerprint density at radius 2 is 1.52 bits per heavy atom. The zero-order valence-corrected chi connectivity index (χ0v) is 36.0. The highest BCUT2D eigenvalue weighted by Gasteiger charge is 2.41. The number of urea groups is 1. The molecule has 16 nitrogen and oxygen atoms in total. The fourth-order valence-electron chi connectivity index (χ4n) is 11.0. The Labute approximate surface area is 366 Å². The quantitative estimate of drug-likeness (QED) is 0.191. The lowest BCUT2D eigenvalue weighted by molar-refractivity contribution is -0.135. The van der Waals surface area contributed by atoms with Gasteiger partial charge in [-0.1, -0.05) is 31.9 Å². The van der Waals surface area contributed by atoms with Crippen molar-refractivity contribution in [2.45, 2.75) is 101 Å². The Balaban J connectivity index is 0.740. The minimum atomic E-state index is -0.678. The SMILES string of the molecule is CC1(c2ccc(Nc3nc(N4CCCC(N5CCN(C6CCCC6)C5=O)C4)cnc3C(N)=O)cc2)CCN(C2CN(c3ccc4c(=O)n(C5CCC(=O)NC5=O)ccc4c3)C2)CC1. The molecule has 4 N–H and O–H groups in total. The number of pyridine rings is 1. The van der Waals surface area contributed by atoms with Crippen molar-refractivity contribution < 1.29 is 19.2 Å². The molecule has 16 heteroatoms. The van der Waals surface area contributed by atoms with Gasteiger partial charge >= 0.3 is 6.03 Å². The number of nitrogens with two attached hydrogens (primary N) is 1. The molecule has 1 aliphatic carbocycles. The van der Waals surface area contributed by atoms with Gasteiger partial charge in [0.25, 0.3) is 11.5 Å². The summed E-state index contributed by atoms with van der Waals surface area (Å²) in [6, 6.07) is 16.6. The summed E-state index contributed by atoms with van der Waals surface area (Å²) < 4.78 is 1.45. The van der Waals surface area contributed by atoms with Crippen molar-refractivity contribution in [2.75, 3.05) is 67.5 Å². The second-order valence-corrected chi connectivity index (χ2v) is 18.8. The fraction of sp³-hybridized carbons (Fsp3) is 0.511. The number of imide groups is 1. The number of fused-ring (bicyclic) bond motifs is 1. The molecule has 0 radical (unpaired) electrons. The van der Waals surface area contributed by atoms with E-state index in [2.05, 4.69) is 65.2 Å². The number of nitrogens with zero attached hydrogens (tertiary/aromatic N) is 8. The van der Waals surface area contributed by atoms with Crippen LogP contribution in [0.1, 0.15) is 93.2 Å². The number of carbonyl (C=O) groups is 4. The van der Waals surface area contributed by atoms with Gasteiger partial charge < -0.3 is 35.2 Å². The predicted octanol–water partition coefficient (Wildman–Crippen LogP) is 4.50. The number of nitrogens with one attached hydrogen (secondary N) is 2. The molecule has 0 spiro atoms. The first-order valence-electron chi connectivity index (χ1n) is 22.9. The molecular formula is C47H57N11O5. The van der Waals surface area contributed by atoms with Crippen molar-refractivity contribution in [2.24, 2.45) is 5.73 Å². The van der Waals surface area contributed by atoms with E-state index in [1.54, 1.807) is 12.4 Å². The first kappa shape index (κ1) is 41.0. The van der Waals surface area contributed by atoms with Gasteiger partial charge in [0.15, 0.2) is 11.5 Å². The third-order valence-corrected chi connectivity index (χ3v) is 14.9. The Morgan fingerprint density at radius 1 is 0.810 bits per heavy atom. The Morgan fingerprint density at radius 3 is 2.25 bits per heavy atom. The number of amides is 5. The topological polar surface area (TPSA) is 182 Å². The zero-order chi connectivity index (χ0) is 43.4. The summed E-state index contributed by atoms with van der Waals surface area (Å²) >= 11 is 0. The Kier molecular flexibility index (Phi) is 10.8. The lowest BCUT2D eigenvalue weighted by Crippen LogP contribution is -2.61. The summed E-state index contributed by atoms with van der Waals surface area (Å²) in [5, 5.41) is 7.09. The fourth-order valence-corrected chi connectivity index (χ4v) is 11.0. The lowest BCUT2D eigenvalue weighted by Gasteiger charge is -2.50. The predicted molar refractivity (Wildman–Crippen MR) is 240 cm³/mol. The second-order valence-electron chi connectivity index (χ2n) is 18.8. The minimum Gasteiger partial charge on any atom is -0.368 e. The number of anilines is 4. The van der Waals surface area contributed by atoms with Gasteiger partial charge in [0.1, 0.15) is 11.9 Å². The molecule has 5 amide bonds. The van der Waals surface area contributed by atoms with Crippen LogP contribution in [-0.4, -0.2) is 123 Å². The normalized spacial score (nSPS) is 23.7. The Bertz CT molecular complexity index is 2490. The number of piperidine rings is 3. The summed E-state index contributed by atoms with van der Waals surface area (Å²) in [5.74, 6) is -0.395. The number of hydrogen-bond donors (Lipinski definition) is 3. The van der Waals surface area contributed by atoms with Crippen LogP contribution < -0.4 is 31.7 Å². The summed E-state index contributed by atoms with van der Waals surface area (Å²) in [6.45, 7) is 9.21. The molecule has 63 heavy (non-hydrogen) atoms. The second kappa shape index (κ2) is 16.6. The van der Waals surface area contributed by atoms with E-state index in [1.165, 1.54) is 23.0 Å². The van der Waals surface area contributed by atoms with Gasteiger partial charge in [-0.3, -0.25) is 29.4 Å². The molecule has 2 aromatic carbocycles. The van der Waals surface area contributed by atoms with E-state index < -0.39 is 17.9 Å². The number of carbonyl (C=O) groups excluding carboxylic acids is 4. The maximum Gasteiger partial charge on any atom is 0.320 e. The molecule has 330 valence electrons. The number of likely N-dealkylation sites (tertiary alicyclic amines) is 1. The molecule has 7 heterocycles. The molecule has 2 atom stereocenters. The van der Waals surface area contributed by atoms with Crippen LogP contribution in [0.25, 0.3) is 10.8 Å². The van der Waals surface area contributed by atoms with E-state index in [4.69, 9.17) is 10.7 Å². The van der Waals surface area contributed by atoms with E-state index in [0.29, 0.717) is 42.1 Å². The number of hydrogen-bond acceptors (Lipinski definition) is 11. The molecule has 1 saturated carbocycles. The monoisotopic (exact) mass is 855 g/mol. The number of benzene rings is 2. The molecule has 6 aliphatic rings. The first-order valence-corrected chi connectivity index (χ1v) is 22.9. The largest absolute Gasteiger partial charge is 0.368 e. The van der Waals surface area contributed by atoms with Crippen LogP contribution >= 0.6 is 0 Å². The van der Waals surface area contributed by atoms with Crippen molar-refractivity contribution >= 4 is 57.5 Å². The third-order valence-electron chi connectivity index (χ3n) is 14.9. The molecule has 2 unspecified atom stereocenters. The third kappa shape index (κ3) is 7.87. The van der Waals surface area contributed by atoms with E-state index >= 15 is 0 Å². The average Bonchev–Trinajstić information content (AvgIpc) is 3.94. The summed E-state index contributed by atoms with van der Waals surface area (Å²) in [5.41, 5.74) is 8.81. The van der Waals surface area contributed by atoms with Crippen LogP contribution in [0.2, 0.25) is 0 Å². The van der Waals surface area contributed by atoms with Gasteiger partial charge in [0.2, 0.25) is 11.8 Å². The van der Waals surface area contributed by atoms with Crippen LogP contribution in [0.5, 0.6) is 0 Å². The van der Waals surface area contributed by atoms with Crippen molar-refractivity contribution in [3.8, 4) is 0 Å². The molecule has 5 saturated heterocycles. The summed E-state index contributed by atoms with van der Waals surface area (Å²) in [7, 11) is 0. The van der Waals surface area contributed by atoms with Crippen LogP contribution in [0, 0.1) is 0 Å². The number of primary amides is 1. The molecule has 4 aromatic rings. The van der Waals surface area contributed by atoms with Gasteiger partial charge in [-0.2, -0.15) is 0 Å². The number of aromatic nitrogens is 3. The van der Waals surface area contributed by atoms with Crippen molar-refractivity contribution in [1.29, 1.82) is 0 Å². The molecule has 0 bridgehead atoms. The molecule has 6 fully saturated rings. The standard InChI is InChI=1S/C47H57N11O5/c1-47(17-21-53(22-18-47)36-28-55(29-36)34-12-13-37-30(25-34)16-20-58(45(37)62)38-14-15-40(59)52-44(38)61)31-8-10-32(11-9-31)50-43-41(42(48)60)49-26-39(51-43)54-19-4-7-35(27-54)57-24-23-56(46(57)63)33-5-2-3-6-33/h8-13,16,20,25-26,33,35-36,38H,2-7,14-15,17-19,21-24,27-29H2,1H3,(H2,48,60)(H,50,51)(H,52,59,61). The average molecular weight is 856 g/mol. The van der Waals surface area contributed by atoms with Crippen LogP contribution in [-0.2, 0) is 15.0 Å². The molecular weight excluding hydrogens is 799 g/mol. The van der Waals surface area contributed by atoms with Crippen LogP contribution in [0.4, 0.5) is 27.8 Å². The van der Waals surface area contributed by atoms with E-state index in [-0.39, 0.29) is 41.1 Å². The van der Waals surface area contributed by atoms with E-state index in [9.17, 15) is 24.0 Å². The van der Waals surface area contributed by atoms with E-state index in [0.717, 1.165) is 101 Å². The van der Waals surface area contributed by atoms with Crippen molar-refractivity contribution in [3.05, 3.63) is 82.5 Å². The van der Waals surface area contributed by atoms with Crippen molar-refractivity contribution in [1.82, 2.24) is 34.6 Å². The van der Waals surface area contributed by atoms with Gasteiger partial charge in [-0.15, -0.1) is 0 Å². The smallest absolute Gasteiger partial charge is 0.320 e. The summed E-state index contributed by atoms with van der Waals surface area (Å²) in [4.78, 5) is 84.0. The van der Waals surface area contributed by atoms with Gasteiger partial charge in [0, 0.05) is 80.7 Å². The molecule has 2 aromatic heterocycles. The maximum absolute atomic E-state index is 13.5. The van der Waals surface area contributed by atoms with Crippen LogP contribution in [0.15, 0.2) is 65.7 Å². The highest BCUT2D eigenvalue weighted by molar-refractivity contribution is 5.99. The summed E-state index contributed by atoms with van der Waals surface area (Å²) in [6.07, 6.45) is 12.4. The zero-order valence-electron chi connectivity index (χ0n) is 36.0. The molecule has 5 aliphatic heterocycles. The lowest BCUT2D eigenvalue weighted by atomic mass is 9.74. The van der Waals surface area contributed by atoms with Crippen molar-refractivity contribution in [3.63, 3.8) is 0 Å². The van der Waals surface area contributed by atoms with Gasteiger partial charge in [-0.05, 0) is 111 Å². The Hall–Kier alpha value is -6.03.